The molecule has 2 rings (SSSR count). The van der Waals surface area contributed by atoms with Gasteiger partial charge < -0.3 is 10.1 Å². The number of thioether (sulfide) groups is 1. The van der Waals surface area contributed by atoms with Gasteiger partial charge in [-0.25, -0.2) is 4.98 Å². The molecular weight excluding hydrogens is 326 g/mol. The number of nitrogens with zero attached hydrogens (tertiary/aromatic N) is 2. The number of esters is 1. The molecule has 1 N–H and O–H groups in total. The number of ether oxygens (including phenoxy) is 1. The molecule has 0 bridgehead atoms. The second-order valence-corrected chi connectivity index (χ2v) is 6.26. The van der Waals surface area contributed by atoms with Gasteiger partial charge in [0.15, 0.2) is 5.16 Å². The second kappa shape index (κ2) is 8.54. The summed E-state index contributed by atoms with van der Waals surface area (Å²) in [4.78, 5) is 27.1. The fourth-order valence-corrected chi connectivity index (χ4v) is 2.86. The number of benzene rings is 1. The van der Waals surface area contributed by atoms with Crippen molar-refractivity contribution in [2.24, 2.45) is 0 Å². The molecule has 7 heteroatoms. The summed E-state index contributed by atoms with van der Waals surface area (Å²) in [6, 6.07) is 6.20. The van der Waals surface area contributed by atoms with Crippen molar-refractivity contribution in [3.05, 3.63) is 41.7 Å². The highest BCUT2D eigenvalue weighted by molar-refractivity contribution is 7.99. The number of aryl methyl sites for hydroxylation is 2. The van der Waals surface area contributed by atoms with Crippen LogP contribution in [0.5, 0.6) is 0 Å². The van der Waals surface area contributed by atoms with Gasteiger partial charge in [-0.05, 0) is 37.1 Å². The lowest BCUT2D eigenvalue weighted by atomic mass is 10.1. The van der Waals surface area contributed by atoms with Crippen LogP contribution in [0.25, 0.3) is 5.69 Å². The van der Waals surface area contributed by atoms with E-state index in [4.69, 9.17) is 0 Å². The van der Waals surface area contributed by atoms with Gasteiger partial charge >= 0.3 is 5.97 Å². The first-order chi connectivity index (χ1) is 11.5. The van der Waals surface area contributed by atoms with E-state index in [2.05, 4.69) is 41.0 Å². The van der Waals surface area contributed by atoms with Crippen LogP contribution in [0.3, 0.4) is 0 Å². The van der Waals surface area contributed by atoms with Gasteiger partial charge in [0.1, 0.15) is 0 Å². The van der Waals surface area contributed by atoms with E-state index < -0.39 is 0 Å². The van der Waals surface area contributed by atoms with E-state index in [0.29, 0.717) is 0 Å². The third kappa shape index (κ3) is 4.86. The van der Waals surface area contributed by atoms with Crippen molar-refractivity contribution in [2.75, 3.05) is 19.4 Å². The topological polar surface area (TPSA) is 73.2 Å². The Bertz CT molecular complexity index is 728. The quantitative estimate of drug-likeness (QED) is 0.614. The minimum absolute atomic E-state index is 0.140. The van der Waals surface area contributed by atoms with Crippen LogP contribution in [0.4, 0.5) is 0 Å². The number of amides is 1. The standard InChI is InChI=1S/C17H21N3O3S/c1-12-4-5-14(10-13(12)2)20-9-8-19-17(20)24-11-15(21)18-7-6-16(22)23-3/h4-5,8-10H,6-7,11H2,1-3H3,(H,18,21). The predicted molar refractivity (Wildman–Crippen MR) is 93.4 cm³/mol. The number of hydrogen-bond donors (Lipinski definition) is 1. The van der Waals surface area contributed by atoms with Crippen LogP contribution in [0.1, 0.15) is 17.5 Å². The van der Waals surface area contributed by atoms with Crippen molar-refractivity contribution < 1.29 is 14.3 Å². The van der Waals surface area contributed by atoms with Crippen molar-refractivity contribution in [1.29, 1.82) is 0 Å². The summed E-state index contributed by atoms with van der Waals surface area (Å²) in [6.45, 7) is 4.41. The maximum absolute atomic E-state index is 11.8. The fourth-order valence-electron chi connectivity index (χ4n) is 2.06. The number of hydrogen-bond acceptors (Lipinski definition) is 5. The fraction of sp³-hybridized carbons (Fsp3) is 0.353. The number of nitrogens with one attached hydrogen (secondary N) is 1. The van der Waals surface area contributed by atoms with Crippen molar-refractivity contribution >= 4 is 23.6 Å². The van der Waals surface area contributed by atoms with Crippen LogP contribution in [0.15, 0.2) is 35.7 Å². The van der Waals surface area contributed by atoms with Gasteiger partial charge in [-0.2, -0.15) is 0 Å². The molecule has 0 aliphatic heterocycles. The molecule has 0 atom stereocenters. The lowest BCUT2D eigenvalue weighted by molar-refractivity contribution is -0.140. The highest BCUT2D eigenvalue weighted by Gasteiger charge is 2.10. The monoisotopic (exact) mass is 347 g/mol. The summed E-state index contributed by atoms with van der Waals surface area (Å²) in [6.07, 6.45) is 3.76. The van der Waals surface area contributed by atoms with Crippen LogP contribution in [-0.4, -0.2) is 40.8 Å². The van der Waals surface area contributed by atoms with E-state index in [-0.39, 0.29) is 30.6 Å². The minimum atomic E-state index is -0.340. The van der Waals surface area contributed by atoms with E-state index in [9.17, 15) is 9.59 Å². The summed E-state index contributed by atoms with van der Waals surface area (Å²) < 4.78 is 6.48. The third-order valence-electron chi connectivity index (χ3n) is 3.59. The number of carbonyl (C=O) groups is 2. The summed E-state index contributed by atoms with van der Waals surface area (Å²) >= 11 is 1.35. The SMILES string of the molecule is COC(=O)CCNC(=O)CSc1nccn1-c1ccc(C)c(C)c1. The van der Waals surface area contributed by atoms with Gasteiger partial charge in [-0.3, -0.25) is 14.2 Å². The molecule has 0 fully saturated rings. The summed E-state index contributed by atoms with van der Waals surface area (Å²) in [5, 5.41) is 3.44. The molecule has 0 radical (unpaired) electrons. The molecule has 1 heterocycles. The van der Waals surface area contributed by atoms with Gasteiger partial charge in [-0.1, -0.05) is 17.8 Å². The average molecular weight is 347 g/mol. The molecule has 0 unspecified atom stereocenters. The molecular formula is C17H21N3O3S. The Balaban J connectivity index is 1.92. The Labute approximate surface area is 145 Å². The van der Waals surface area contributed by atoms with Gasteiger partial charge in [0.2, 0.25) is 5.91 Å². The zero-order valence-electron chi connectivity index (χ0n) is 14.0. The highest BCUT2D eigenvalue weighted by atomic mass is 32.2. The molecule has 1 aromatic heterocycles. The first-order valence-corrected chi connectivity index (χ1v) is 8.57. The first kappa shape index (κ1) is 18.1. The lowest BCUT2D eigenvalue weighted by Gasteiger charge is -2.10. The third-order valence-corrected chi connectivity index (χ3v) is 4.55. The van der Waals surface area contributed by atoms with Crippen molar-refractivity contribution in [2.45, 2.75) is 25.4 Å². The summed E-state index contributed by atoms with van der Waals surface area (Å²) in [5.74, 6) is -0.241. The Hall–Kier alpha value is -2.28. The van der Waals surface area contributed by atoms with Crippen LogP contribution in [0.2, 0.25) is 0 Å². The molecule has 0 aliphatic carbocycles. The zero-order chi connectivity index (χ0) is 17.5. The van der Waals surface area contributed by atoms with E-state index in [1.807, 2.05) is 16.8 Å². The molecule has 1 aromatic carbocycles. The van der Waals surface area contributed by atoms with Gasteiger partial charge in [-0.15, -0.1) is 0 Å². The molecule has 0 spiro atoms. The Kier molecular flexibility index (Phi) is 6.43. The van der Waals surface area contributed by atoms with Crippen molar-refractivity contribution in [1.82, 2.24) is 14.9 Å². The molecule has 1 amide bonds. The number of rotatable bonds is 7. The van der Waals surface area contributed by atoms with E-state index in [1.54, 1.807) is 6.20 Å². The number of carbonyl (C=O) groups excluding carboxylic acids is 2. The van der Waals surface area contributed by atoms with Crippen molar-refractivity contribution in [3.8, 4) is 5.69 Å². The zero-order valence-corrected chi connectivity index (χ0v) is 14.9. The van der Waals surface area contributed by atoms with Crippen molar-refractivity contribution in [3.63, 3.8) is 0 Å². The number of aromatic nitrogens is 2. The van der Waals surface area contributed by atoms with Crippen LogP contribution in [-0.2, 0) is 14.3 Å². The highest BCUT2D eigenvalue weighted by Crippen LogP contribution is 2.21. The lowest BCUT2D eigenvalue weighted by Crippen LogP contribution is -2.27. The van der Waals surface area contributed by atoms with E-state index in [1.165, 1.54) is 30.0 Å². The molecule has 2 aromatic rings. The van der Waals surface area contributed by atoms with Gasteiger partial charge in [0.25, 0.3) is 0 Å². The van der Waals surface area contributed by atoms with Crippen LogP contribution >= 0.6 is 11.8 Å². The van der Waals surface area contributed by atoms with E-state index in [0.717, 1.165) is 10.8 Å². The van der Waals surface area contributed by atoms with Crippen LogP contribution < -0.4 is 5.32 Å². The van der Waals surface area contributed by atoms with Gasteiger partial charge in [0.05, 0.1) is 19.3 Å². The molecule has 0 saturated carbocycles. The normalized spacial score (nSPS) is 10.5. The predicted octanol–water partition coefficient (Wildman–Crippen LogP) is 2.26. The Morgan fingerprint density at radius 2 is 2.08 bits per heavy atom. The maximum atomic E-state index is 11.8. The first-order valence-electron chi connectivity index (χ1n) is 7.58. The van der Waals surface area contributed by atoms with Crippen LogP contribution in [0, 0.1) is 13.8 Å². The molecule has 6 nitrogen and oxygen atoms in total. The Morgan fingerprint density at radius 1 is 1.29 bits per heavy atom. The molecule has 24 heavy (non-hydrogen) atoms. The molecule has 128 valence electrons. The number of imidazole rings is 1. The smallest absolute Gasteiger partial charge is 0.307 e. The maximum Gasteiger partial charge on any atom is 0.307 e. The van der Waals surface area contributed by atoms with Gasteiger partial charge in [0, 0.05) is 24.6 Å². The average Bonchev–Trinajstić information content (AvgIpc) is 3.03. The largest absolute Gasteiger partial charge is 0.469 e. The molecule has 0 saturated heterocycles. The minimum Gasteiger partial charge on any atom is -0.469 e. The molecule has 0 aliphatic rings. The Morgan fingerprint density at radius 3 is 2.79 bits per heavy atom. The summed E-state index contributed by atoms with van der Waals surface area (Å²) in [7, 11) is 1.33. The summed E-state index contributed by atoms with van der Waals surface area (Å²) in [5.41, 5.74) is 3.46. The second-order valence-electron chi connectivity index (χ2n) is 5.31. The number of methoxy groups -OCH3 is 1. The van der Waals surface area contributed by atoms with E-state index >= 15 is 0 Å².